The molecule has 0 bridgehead atoms. The van der Waals surface area contributed by atoms with Crippen molar-refractivity contribution in [1.82, 2.24) is 3.97 Å². The molecule has 3 N–H and O–H groups in total. The lowest BCUT2D eigenvalue weighted by molar-refractivity contribution is -0.136. The molecule has 0 saturated heterocycles. The summed E-state index contributed by atoms with van der Waals surface area (Å²) in [5.74, 6) is -1.22. The summed E-state index contributed by atoms with van der Waals surface area (Å²) >= 11 is 11.9. The van der Waals surface area contributed by atoms with Gasteiger partial charge < -0.3 is 20.1 Å². The van der Waals surface area contributed by atoms with Crippen molar-refractivity contribution in [2.75, 3.05) is 0 Å². The number of phenols is 2. The van der Waals surface area contributed by atoms with Crippen LogP contribution in [-0.2, 0) is 21.2 Å². The molecule has 0 spiro atoms. The Kier molecular flexibility index (Phi) is 6.35. The smallest absolute Gasteiger partial charge is 0.303 e. The molecule has 0 amide bonds. The van der Waals surface area contributed by atoms with Crippen LogP contribution in [0.25, 0.3) is 10.9 Å². The van der Waals surface area contributed by atoms with Crippen LogP contribution in [0, 0.1) is 0 Å². The first-order valence-electron chi connectivity index (χ1n) is 9.82. The highest BCUT2D eigenvalue weighted by Gasteiger charge is 2.23. The number of halogens is 2. The van der Waals surface area contributed by atoms with Crippen molar-refractivity contribution in [3.05, 3.63) is 76.4 Å². The average Bonchev–Trinajstić information content (AvgIpc) is 3.13. The van der Waals surface area contributed by atoms with Crippen LogP contribution in [0.1, 0.15) is 12.0 Å². The van der Waals surface area contributed by atoms with Gasteiger partial charge in [-0.05, 0) is 54.4 Å². The van der Waals surface area contributed by atoms with Gasteiger partial charge in [0.1, 0.15) is 11.5 Å². The van der Waals surface area contributed by atoms with E-state index in [0.717, 1.165) is 10.0 Å². The highest BCUT2D eigenvalue weighted by atomic mass is 35.5. The highest BCUT2D eigenvalue weighted by Crippen LogP contribution is 2.36. The molecule has 0 saturated carbocycles. The number of aryl methyl sites for hydroxylation is 1. The van der Waals surface area contributed by atoms with Crippen molar-refractivity contribution in [2.24, 2.45) is 0 Å². The molecule has 34 heavy (non-hydrogen) atoms. The standard InChI is InChI=1S/C23H17Cl2NO7S/c24-18-7-4-15(9-19(18)25)33-14-2-5-16(6-3-14)34(31,32)26-12-13(1-8-23(29)30)17-10-21(27)22(28)11-20(17)26/h2-7,9-12,27-28H,1,8H2,(H,29,30). The number of carbonyl (C=O) groups is 1. The Morgan fingerprint density at radius 1 is 0.912 bits per heavy atom. The first-order valence-corrected chi connectivity index (χ1v) is 12.0. The van der Waals surface area contributed by atoms with Crippen molar-refractivity contribution < 1.29 is 33.3 Å². The van der Waals surface area contributed by atoms with Crippen LogP contribution in [-0.4, -0.2) is 33.7 Å². The van der Waals surface area contributed by atoms with E-state index in [2.05, 4.69) is 0 Å². The number of aromatic nitrogens is 1. The summed E-state index contributed by atoms with van der Waals surface area (Å²) in [6.45, 7) is 0. The second-order valence-corrected chi connectivity index (χ2v) is 9.99. The summed E-state index contributed by atoms with van der Waals surface area (Å²) in [5.41, 5.74) is 0.502. The van der Waals surface area contributed by atoms with Crippen LogP contribution in [0.15, 0.2) is 65.7 Å². The number of hydrogen-bond donors (Lipinski definition) is 3. The number of carboxylic acid groups (broad SMARTS) is 1. The second kappa shape index (κ2) is 9.09. The summed E-state index contributed by atoms with van der Waals surface area (Å²) in [6.07, 6.45) is 1.10. The zero-order valence-electron chi connectivity index (χ0n) is 17.3. The molecule has 0 fully saturated rings. The van der Waals surface area contributed by atoms with Gasteiger partial charge in [-0.15, -0.1) is 0 Å². The fraction of sp³-hybridized carbons (Fsp3) is 0.0870. The van der Waals surface area contributed by atoms with E-state index in [-0.39, 0.29) is 23.3 Å². The molecular formula is C23H17Cl2NO7S. The monoisotopic (exact) mass is 521 g/mol. The summed E-state index contributed by atoms with van der Waals surface area (Å²) in [7, 11) is -4.13. The molecule has 1 aromatic heterocycles. The molecule has 0 aliphatic rings. The third-order valence-corrected chi connectivity index (χ3v) is 7.49. The quantitative estimate of drug-likeness (QED) is 0.277. The molecule has 176 valence electrons. The van der Waals surface area contributed by atoms with E-state index >= 15 is 0 Å². The first kappa shape index (κ1) is 23.7. The number of rotatable bonds is 7. The van der Waals surface area contributed by atoms with Gasteiger partial charge in [-0.1, -0.05) is 23.2 Å². The van der Waals surface area contributed by atoms with Gasteiger partial charge in [-0.25, -0.2) is 12.4 Å². The lowest BCUT2D eigenvalue weighted by Crippen LogP contribution is -2.11. The number of carboxylic acids is 1. The molecule has 0 atom stereocenters. The number of hydrogen-bond acceptors (Lipinski definition) is 6. The molecule has 8 nitrogen and oxygen atoms in total. The SMILES string of the molecule is O=C(O)CCc1cn(S(=O)(=O)c2ccc(Oc3ccc(Cl)c(Cl)c3)cc2)c2cc(O)c(O)cc12. The second-order valence-electron chi connectivity index (χ2n) is 7.36. The predicted octanol–water partition coefficient (Wildman–Crippen LogP) is 5.41. The lowest BCUT2D eigenvalue weighted by Gasteiger charge is -2.10. The van der Waals surface area contributed by atoms with Crippen molar-refractivity contribution in [2.45, 2.75) is 17.7 Å². The Morgan fingerprint density at radius 3 is 2.21 bits per heavy atom. The summed E-state index contributed by atoms with van der Waals surface area (Å²) in [4.78, 5) is 10.9. The molecule has 11 heteroatoms. The topological polar surface area (TPSA) is 126 Å². The van der Waals surface area contributed by atoms with Crippen LogP contribution in [0.5, 0.6) is 23.0 Å². The normalized spacial score (nSPS) is 11.6. The van der Waals surface area contributed by atoms with E-state index in [1.165, 1.54) is 42.6 Å². The molecule has 4 rings (SSSR count). The predicted molar refractivity (Wildman–Crippen MR) is 127 cm³/mol. The zero-order chi connectivity index (χ0) is 24.6. The summed E-state index contributed by atoms with van der Waals surface area (Å²) in [6, 6.07) is 12.7. The van der Waals surface area contributed by atoms with Crippen molar-refractivity contribution in [3.8, 4) is 23.0 Å². The summed E-state index contributed by atoms with van der Waals surface area (Å²) in [5, 5.41) is 29.8. The number of ether oxygens (including phenoxy) is 1. The zero-order valence-corrected chi connectivity index (χ0v) is 19.6. The Bertz CT molecular complexity index is 1510. The van der Waals surface area contributed by atoms with Gasteiger partial charge in [0.25, 0.3) is 10.0 Å². The van der Waals surface area contributed by atoms with Gasteiger partial charge >= 0.3 is 5.97 Å². The molecule has 0 unspecified atom stereocenters. The Balaban J connectivity index is 1.71. The molecular weight excluding hydrogens is 505 g/mol. The number of nitrogens with zero attached hydrogens (tertiary/aromatic N) is 1. The number of benzene rings is 3. The minimum absolute atomic E-state index is 0.0367. The highest BCUT2D eigenvalue weighted by molar-refractivity contribution is 7.90. The Hall–Kier alpha value is -3.40. The van der Waals surface area contributed by atoms with Gasteiger partial charge in [-0.3, -0.25) is 4.79 Å². The maximum absolute atomic E-state index is 13.4. The van der Waals surface area contributed by atoms with Gasteiger partial charge in [0.2, 0.25) is 0 Å². The van der Waals surface area contributed by atoms with E-state index in [0.29, 0.717) is 32.5 Å². The molecule has 0 aliphatic carbocycles. The Labute approximate surface area is 204 Å². The van der Waals surface area contributed by atoms with Crippen LogP contribution >= 0.6 is 23.2 Å². The van der Waals surface area contributed by atoms with Gasteiger partial charge in [-0.2, -0.15) is 0 Å². The largest absolute Gasteiger partial charge is 0.504 e. The van der Waals surface area contributed by atoms with Crippen molar-refractivity contribution in [1.29, 1.82) is 0 Å². The maximum atomic E-state index is 13.4. The lowest BCUT2D eigenvalue weighted by atomic mass is 10.1. The minimum atomic E-state index is -4.13. The van der Waals surface area contributed by atoms with E-state index in [1.807, 2.05) is 0 Å². The minimum Gasteiger partial charge on any atom is -0.504 e. The van der Waals surface area contributed by atoms with Gasteiger partial charge in [0.15, 0.2) is 11.5 Å². The molecule has 0 aliphatic heterocycles. The van der Waals surface area contributed by atoms with E-state index in [9.17, 15) is 23.4 Å². The summed E-state index contributed by atoms with van der Waals surface area (Å²) < 4.78 is 33.4. The number of aliphatic carboxylic acids is 1. The van der Waals surface area contributed by atoms with Gasteiger partial charge in [0, 0.05) is 30.1 Å². The van der Waals surface area contributed by atoms with Crippen LogP contribution in [0.4, 0.5) is 0 Å². The maximum Gasteiger partial charge on any atom is 0.303 e. The molecule has 1 heterocycles. The molecule has 3 aromatic carbocycles. The van der Waals surface area contributed by atoms with E-state index in [4.69, 9.17) is 33.0 Å². The molecule has 0 radical (unpaired) electrons. The third kappa shape index (κ3) is 4.63. The number of fused-ring (bicyclic) bond motifs is 1. The fourth-order valence-corrected chi connectivity index (χ4v) is 5.07. The van der Waals surface area contributed by atoms with Crippen LogP contribution < -0.4 is 4.74 Å². The third-order valence-electron chi connectivity index (χ3n) is 5.06. The molecule has 4 aromatic rings. The van der Waals surface area contributed by atoms with E-state index in [1.54, 1.807) is 12.1 Å². The Morgan fingerprint density at radius 2 is 1.56 bits per heavy atom. The van der Waals surface area contributed by atoms with Crippen LogP contribution in [0.3, 0.4) is 0 Å². The van der Waals surface area contributed by atoms with Crippen molar-refractivity contribution in [3.63, 3.8) is 0 Å². The number of phenolic OH excluding ortho intramolecular Hbond substituents is 2. The average molecular weight is 522 g/mol. The van der Waals surface area contributed by atoms with Crippen molar-refractivity contribution >= 4 is 50.1 Å². The van der Waals surface area contributed by atoms with Crippen LogP contribution in [0.2, 0.25) is 10.0 Å². The number of aromatic hydroxyl groups is 2. The fourth-order valence-electron chi connectivity index (χ4n) is 3.40. The van der Waals surface area contributed by atoms with Gasteiger partial charge in [0.05, 0.1) is 20.5 Å². The van der Waals surface area contributed by atoms with E-state index < -0.39 is 27.5 Å². The first-order chi connectivity index (χ1) is 16.1.